The molecule has 2 atom stereocenters. The van der Waals surface area contributed by atoms with Crippen LogP contribution in [0.4, 0.5) is 0 Å². The molecule has 0 nitrogen and oxygen atoms in total. The predicted octanol–water partition coefficient (Wildman–Crippen LogP) is 9.03. The van der Waals surface area contributed by atoms with Crippen molar-refractivity contribution in [2.75, 3.05) is 0 Å². The van der Waals surface area contributed by atoms with Crippen molar-refractivity contribution in [1.82, 2.24) is 0 Å². The number of hydrogen-bond donors (Lipinski definition) is 0. The van der Waals surface area contributed by atoms with Gasteiger partial charge in [0.1, 0.15) is 0 Å². The summed E-state index contributed by atoms with van der Waals surface area (Å²) in [6.07, 6.45) is 0. The Bertz CT molecular complexity index is 1200. The summed E-state index contributed by atoms with van der Waals surface area (Å²) < 4.78 is 2.19. The number of benzene rings is 4. The van der Waals surface area contributed by atoms with Crippen molar-refractivity contribution < 1.29 is 0 Å². The zero-order valence-electron chi connectivity index (χ0n) is 16.7. The lowest BCUT2D eigenvalue weighted by Gasteiger charge is -2.40. The average Bonchev–Trinajstić information content (AvgIpc) is 3.22. The Morgan fingerprint density at radius 1 is 0.581 bits per heavy atom. The summed E-state index contributed by atoms with van der Waals surface area (Å²) in [7, 11) is 0. The normalized spacial score (nSPS) is 20.5. The fourth-order valence-corrected chi connectivity index (χ4v) is 6.59. The van der Waals surface area contributed by atoms with Crippen LogP contribution in [0.1, 0.15) is 27.5 Å². The van der Waals surface area contributed by atoms with Crippen molar-refractivity contribution in [3.8, 4) is 0 Å². The van der Waals surface area contributed by atoms with Crippen LogP contribution in [-0.2, 0) is 5.41 Å². The van der Waals surface area contributed by atoms with Gasteiger partial charge in [0, 0.05) is 8.95 Å². The Labute approximate surface area is 204 Å². The molecule has 0 amide bonds. The molecule has 0 saturated carbocycles. The highest BCUT2D eigenvalue weighted by Gasteiger charge is 2.49. The molecule has 4 aromatic carbocycles. The predicted molar refractivity (Wildman–Crippen MR) is 140 cm³/mol. The summed E-state index contributed by atoms with van der Waals surface area (Å²) in [5, 5.41) is 2.59. The van der Waals surface area contributed by atoms with Crippen LogP contribution in [-0.4, -0.2) is 0 Å². The van der Waals surface area contributed by atoms with E-state index in [-0.39, 0.29) is 10.7 Å². The van der Waals surface area contributed by atoms with Crippen LogP contribution in [0.3, 0.4) is 0 Å². The molecule has 2 unspecified atom stereocenters. The first-order valence-electron chi connectivity index (χ1n) is 10.2. The summed E-state index contributed by atoms with van der Waals surface area (Å²) in [6, 6.07) is 39.4. The highest BCUT2D eigenvalue weighted by Crippen LogP contribution is 2.63. The molecule has 0 saturated heterocycles. The van der Waals surface area contributed by atoms with Gasteiger partial charge in [-0.25, -0.2) is 0 Å². The number of allylic oxidation sites excluding steroid dienone is 1. The van der Waals surface area contributed by atoms with E-state index < -0.39 is 0 Å². The summed E-state index contributed by atoms with van der Waals surface area (Å²) >= 11 is 9.15. The van der Waals surface area contributed by atoms with Crippen LogP contribution in [0.15, 0.2) is 124 Å². The van der Waals surface area contributed by atoms with Crippen molar-refractivity contribution in [1.29, 1.82) is 0 Å². The lowest BCUT2D eigenvalue weighted by Crippen LogP contribution is -2.32. The van der Waals surface area contributed by atoms with E-state index in [2.05, 4.69) is 146 Å². The minimum Gasteiger partial charge on any atom is -0.124 e. The van der Waals surface area contributed by atoms with Gasteiger partial charge < -0.3 is 0 Å². The lowest BCUT2D eigenvalue weighted by atomic mass is 9.64. The highest BCUT2D eigenvalue weighted by atomic mass is 79.9. The first-order chi connectivity index (χ1) is 15.2. The van der Waals surface area contributed by atoms with E-state index >= 15 is 0 Å². The average molecular weight is 548 g/mol. The summed E-state index contributed by atoms with van der Waals surface area (Å²) in [6.45, 7) is 0. The van der Waals surface area contributed by atoms with E-state index in [4.69, 9.17) is 0 Å². The maximum atomic E-state index is 3.63. The molecule has 0 aliphatic carbocycles. The number of halogens is 2. The molecule has 0 spiro atoms. The SMILES string of the molecule is Brc1ccc(C2SC=C(c3ccccc3)C2(c2ccccc2)c2ccc(Br)cc2)cc1. The molecular formula is C28H20Br2S. The van der Waals surface area contributed by atoms with Crippen LogP contribution < -0.4 is 0 Å². The summed E-state index contributed by atoms with van der Waals surface area (Å²) in [5.74, 6) is 0. The first kappa shape index (κ1) is 20.8. The number of hydrogen-bond acceptors (Lipinski definition) is 1. The smallest absolute Gasteiger partial charge is 0.0624 e. The third-order valence-electron chi connectivity index (χ3n) is 5.93. The third kappa shape index (κ3) is 3.73. The molecular weight excluding hydrogens is 528 g/mol. The first-order valence-corrected chi connectivity index (χ1v) is 12.7. The maximum absolute atomic E-state index is 3.63. The van der Waals surface area contributed by atoms with Crippen molar-refractivity contribution in [2.45, 2.75) is 10.7 Å². The molecule has 31 heavy (non-hydrogen) atoms. The van der Waals surface area contributed by atoms with Crippen molar-refractivity contribution in [2.24, 2.45) is 0 Å². The molecule has 3 heteroatoms. The van der Waals surface area contributed by atoms with Gasteiger partial charge in [-0.05, 0) is 57.5 Å². The molecule has 0 N–H and O–H groups in total. The molecule has 1 heterocycles. The van der Waals surface area contributed by atoms with Gasteiger partial charge in [0.2, 0.25) is 0 Å². The van der Waals surface area contributed by atoms with Crippen LogP contribution in [0.2, 0.25) is 0 Å². The molecule has 0 fully saturated rings. The molecule has 1 aliphatic heterocycles. The standard InChI is InChI=1S/C28H20Br2S/c29-24-15-11-21(12-16-24)27-28(22-9-5-2-6-10-22,23-13-17-25(30)18-14-23)26(19-31-27)20-7-3-1-4-8-20/h1-19,27H. The van der Waals surface area contributed by atoms with Crippen LogP contribution in [0.25, 0.3) is 5.57 Å². The van der Waals surface area contributed by atoms with E-state index in [0.717, 1.165) is 8.95 Å². The fraction of sp³-hybridized carbons (Fsp3) is 0.0714. The molecule has 0 aromatic heterocycles. The Hall–Kier alpha value is -2.07. The van der Waals surface area contributed by atoms with E-state index in [1.165, 1.54) is 27.8 Å². The molecule has 1 aliphatic rings. The van der Waals surface area contributed by atoms with E-state index in [1.807, 2.05) is 11.8 Å². The Kier molecular flexibility index (Phi) is 5.92. The quantitative estimate of drug-likeness (QED) is 0.245. The van der Waals surface area contributed by atoms with Gasteiger partial charge in [0.15, 0.2) is 0 Å². The minimum atomic E-state index is -0.304. The number of thioether (sulfide) groups is 1. The Morgan fingerprint density at radius 3 is 1.71 bits per heavy atom. The highest BCUT2D eigenvalue weighted by molar-refractivity contribution is 9.10. The summed E-state index contributed by atoms with van der Waals surface area (Å²) in [4.78, 5) is 0. The van der Waals surface area contributed by atoms with Gasteiger partial charge >= 0.3 is 0 Å². The zero-order chi connectivity index (χ0) is 21.3. The Balaban J connectivity index is 1.82. The van der Waals surface area contributed by atoms with Gasteiger partial charge in [-0.1, -0.05) is 117 Å². The van der Waals surface area contributed by atoms with Crippen molar-refractivity contribution >= 4 is 49.2 Å². The van der Waals surface area contributed by atoms with Crippen LogP contribution in [0.5, 0.6) is 0 Å². The zero-order valence-corrected chi connectivity index (χ0v) is 20.7. The van der Waals surface area contributed by atoms with Crippen molar-refractivity contribution in [3.05, 3.63) is 146 Å². The molecule has 5 rings (SSSR count). The van der Waals surface area contributed by atoms with Gasteiger partial charge in [-0.15, -0.1) is 11.8 Å². The monoisotopic (exact) mass is 546 g/mol. The molecule has 4 aromatic rings. The second kappa shape index (κ2) is 8.82. The molecule has 0 radical (unpaired) electrons. The topological polar surface area (TPSA) is 0 Å². The lowest BCUT2D eigenvalue weighted by molar-refractivity contribution is 0.653. The minimum absolute atomic E-state index is 0.222. The summed E-state index contributed by atoms with van der Waals surface area (Å²) in [5.41, 5.74) is 6.24. The second-order valence-corrected chi connectivity index (χ2v) is 10.5. The van der Waals surface area contributed by atoms with Crippen molar-refractivity contribution in [3.63, 3.8) is 0 Å². The number of rotatable bonds is 4. The largest absolute Gasteiger partial charge is 0.124 e. The fourth-order valence-electron chi connectivity index (χ4n) is 4.55. The van der Waals surface area contributed by atoms with E-state index in [9.17, 15) is 0 Å². The molecule has 152 valence electrons. The van der Waals surface area contributed by atoms with E-state index in [0.29, 0.717) is 0 Å². The Morgan fingerprint density at radius 2 is 1.10 bits per heavy atom. The van der Waals surface area contributed by atoms with Gasteiger partial charge in [0.05, 0.1) is 10.7 Å². The third-order valence-corrected chi connectivity index (χ3v) is 8.25. The molecule has 0 bridgehead atoms. The second-order valence-electron chi connectivity index (χ2n) is 7.65. The maximum Gasteiger partial charge on any atom is 0.0624 e. The van der Waals surface area contributed by atoms with Gasteiger partial charge in [0.25, 0.3) is 0 Å². The van der Waals surface area contributed by atoms with E-state index in [1.54, 1.807) is 0 Å². The van der Waals surface area contributed by atoms with Crippen LogP contribution in [0, 0.1) is 0 Å². The van der Waals surface area contributed by atoms with Gasteiger partial charge in [-0.3, -0.25) is 0 Å². The van der Waals surface area contributed by atoms with Gasteiger partial charge in [-0.2, -0.15) is 0 Å². The van der Waals surface area contributed by atoms with Crippen LogP contribution >= 0.6 is 43.6 Å².